The van der Waals surface area contributed by atoms with Gasteiger partial charge in [-0.15, -0.1) is 0 Å². The Balaban J connectivity index is 0.950. The molecule has 0 fully saturated rings. The van der Waals surface area contributed by atoms with Crippen molar-refractivity contribution in [2.45, 2.75) is 19.3 Å². The van der Waals surface area contributed by atoms with E-state index in [1.807, 2.05) is 36.4 Å². The Morgan fingerprint density at radius 3 is 1.69 bits per heavy atom. The monoisotopic (exact) mass is 783 g/mol. The van der Waals surface area contributed by atoms with Gasteiger partial charge in [0.15, 0.2) is 17.2 Å². The molecule has 0 N–H and O–H groups in total. The third-order valence-electron chi connectivity index (χ3n) is 12.3. The first-order valence-electron chi connectivity index (χ1n) is 20.6. The van der Waals surface area contributed by atoms with Crippen molar-refractivity contribution >= 4 is 32.9 Å². The van der Waals surface area contributed by atoms with E-state index >= 15 is 0 Å². The van der Waals surface area contributed by atoms with E-state index in [2.05, 4.69) is 170 Å². The van der Waals surface area contributed by atoms with Gasteiger partial charge in [-0.25, -0.2) is 9.97 Å². The van der Waals surface area contributed by atoms with Crippen LogP contribution in [0.2, 0.25) is 0 Å². The minimum absolute atomic E-state index is 0.296. The van der Waals surface area contributed by atoms with Crippen LogP contribution in [0.15, 0.2) is 192 Å². The minimum atomic E-state index is -0.296. The van der Waals surface area contributed by atoms with Crippen LogP contribution in [0, 0.1) is 0 Å². The van der Waals surface area contributed by atoms with Gasteiger partial charge in [0, 0.05) is 38.4 Å². The molecule has 8 aromatic carbocycles. The fraction of sp³-hybridized carbons (Fsp3) is 0.0545. The molecule has 0 spiro atoms. The van der Waals surface area contributed by atoms with Crippen LogP contribution in [-0.4, -0.2) is 24.5 Å². The molecule has 0 saturated heterocycles. The van der Waals surface area contributed by atoms with Crippen LogP contribution < -0.4 is 0 Å². The second-order valence-electron chi connectivity index (χ2n) is 16.3. The van der Waals surface area contributed by atoms with E-state index in [0.717, 1.165) is 71.8 Å². The zero-order chi connectivity index (χ0) is 40.7. The average molecular weight is 784 g/mol. The molecule has 1 aliphatic carbocycles. The number of aromatic nitrogens is 5. The van der Waals surface area contributed by atoms with Crippen molar-refractivity contribution in [2.75, 3.05) is 0 Å². The van der Waals surface area contributed by atoms with Crippen molar-refractivity contribution < 1.29 is 4.42 Å². The Bertz CT molecular complexity index is 3440. The predicted molar refractivity (Wildman–Crippen MR) is 246 cm³/mol. The quantitative estimate of drug-likeness (QED) is 0.168. The molecule has 1 aliphatic rings. The van der Waals surface area contributed by atoms with E-state index in [-0.39, 0.29) is 5.41 Å². The summed E-state index contributed by atoms with van der Waals surface area (Å²) in [6, 6.07) is 65.6. The number of rotatable bonds is 6. The van der Waals surface area contributed by atoms with Crippen molar-refractivity contribution in [2.24, 2.45) is 0 Å². The van der Waals surface area contributed by atoms with E-state index in [0.29, 0.717) is 23.5 Å². The third-order valence-corrected chi connectivity index (χ3v) is 12.3. The first kappa shape index (κ1) is 35.0. The van der Waals surface area contributed by atoms with E-state index < -0.39 is 0 Å². The molecule has 0 bridgehead atoms. The highest BCUT2D eigenvalue weighted by atomic mass is 16.3. The Morgan fingerprint density at radius 2 is 0.967 bits per heavy atom. The molecule has 0 amide bonds. The summed E-state index contributed by atoms with van der Waals surface area (Å²) in [5, 5.41) is 2.31. The number of para-hydroxylation sites is 2. The van der Waals surface area contributed by atoms with Crippen LogP contribution in [0.25, 0.3) is 106 Å². The fourth-order valence-electron chi connectivity index (χ4n) is 9.29. The topological polar surface area (TPSA) is 69.6 Å². The van der Waals surface area contributed by atoms with Gasteiger partial charge in [0.1, 0.15) is 5.52 Å². The van der Waals surface area contributed by atoms with Gasteiger partial charge < -0.3 is 4.42 Å². The largest absolute Gasteiger partial charge is 0.436 e. The SMILES string of the molecule is CC1(C)c2cc(-c3ccc(-c4nc(-c5cccc(-c6ccccc6)c5)nc(-n5c6ccccc6c6ccccc65)n4)cc3)ccc2-c2ccc3nc(-c4ccccc4)oc3c21. The van der Waals surface area contributed by atoms with Gasteiger partial charge >= 0.3 is 0 Å². The Morgan fingerprint density at radius 1 is 0.426 bits per heavy atom. The number of fused-ring (bicyclic) bond motifs is 8. The molecule has 11 aromatic rings. The summed E-state index contributed by atoms with van der Waals surface area (Å²) in [7, 11) is 0. The molecule has 0 aliphatic heterocycles. The van der Waals surface area contributed by atoms with Crippen molar-refractivity contribution in [3.63, 3.8) is 0 Å². The van der Waals surface area contributed by atoms with E-state index in [4.69, 9.17) is 24.4 Å². The molecule has 61 heavy (non-hydrogen) atoms. The first-order valence-corrected chi connectivity index (χ1v) is 20.6. The van der Waals surface area contributed by atoms with Crippen LogP contribution in [-0.2, 0) is 5.41 Å². The molecule has 12 rings (SSSR count). The molecule has 0 saturated carbocycles. The standard InChI is InChI=1S/C55H37N5O/c1-55(2)45-33-39(28-29-41(45)44-30-31-46-50(49(44)55)61-53(56-46)37-16-7-4-8-17-37)35-24-26-36(27-25-35)51-57-52(40-19-13-18-38(32-40)34-14-5-3-6-15-34)59-54(58-51)60-47-22-11-9-20-42(47)43-21-10-12-23-48(43)60/h3-33H,1-2H3. The molecule has 3 heterocycles. The van der Waals surface area contributed by atoms with Gasteiger partial charge in [-0.05, 0) is 81.4 Å². The Hall–Kier alpha value is -7.96. The number of hydrogen-bond acceptors (Lipinski definition) is 5. The van der Waals surface area contributed by atoms with Crippen LogP contribution in [0.4, 0.5) is 0 Å². The average Bonchev–Trinajstić information content (AvgIpc) is 3.98. The molecule has 0 radical (unpaired) electrons. The Kier molecular flexibility index (Phi) is 7.78. The van der Waals surface area contributed by atoms with Gasteiger partial charge in [-0.3, -0.25) is 4.57 Å². The van der Waals surface area contributed by atoms with Gasteiger partial charge in [0.05, 0.1) is 11.0 Å². The van der Waals surface area contributed by atoms with Crippen LogP contribution >= 0.6 is 0 Å². The van der Waals surface area contributed by atoms with Gasteiger partial charge in [0.2, 0.25) is 11.8 Å². The lowest BCUT2D eigenvalue weighted by Crippen LogP contribution is -2.15. The second kappa shape index (κ2) is 13.5. The summed E-state index contributed by atoms with van der Waals surface area (Å²) in [5.41, 5.74) is 15.7. The molecule has 288 valence electrons. The summed E-state index contributed by atoms with van der Waals surface area (Å²) >= 11 is 0. The lowest BCUT2D eigenvalue weighted by molar-refractivity contribution is 0.593. The molecular weight excluding hydrogens is 747 g/mol. The van der Waals surface area contributed by atoms with Crippen molar-refractivity contribution in [1.82, 2.24) is 24.5 Å². The highest BCUT2D eigenvalue weighted by molar-refractivity contribution is 6.09. The minimum Gasteiger partial charge on any atom is -0.436 e. The summed E-state index contributed by atoms with van der Waals surface area (Å²) in [6.07, 6.45) is 0. The van der Waals surface area contributed by atoms with Gasteiger partial charge in [0.25, 0.3) is 0 Å². The van der Waals surface area contributed by atoms with E-state index in [1.54, 1.807) is 0 Å². The van der Waals surface area contributed by atoms with Crippen LogP contribution in [0.1, 0.15) is 25.0 Å². The fourth-order valence-corrected chi connectivity index (χ4v) is 9.29. The zero-order valence-corrected chi connectivity index (χ0v) is 33.5. The molecule has 6 heteroatoms. The number of oxazole rings is 1. The predicted octanol–water partition coefficient (Wildman–Crippen LogP) is 13.8. The van der Waals surface area contributed by atoms with Crippen LogP contribution in [0.5, 0.6) is 0 Å². The Labute approximate surface area is 352 Å². The maximum atomic E-state index is 6.54. The van der Waals surface area contributed by atoms with Crippen molar-refractivity contribution in [1.29, 1.82) is 0 Å². The smallest absolute Gasteiger partial charge is 0.238 e. The second-order valence-corrected chi connectivity index (χ2v) is 16.3. The van der Waals surface area contributed by atoms with E-state index in [9.17, 15) is 0 Å². The summed E-state index contributed by atoms with van der Waals surface area (Å²) in [4.78, 5) is 20.5. The third kappa shape index (κ3) is 5.64. The van der Waals surface area contributed by atoms with Crippen LogP contribution in [0.3, 0.4) is 0 Å². The lowest BCUT2D eigenvalue weighted by atomic mass is 9.81. The first-order chi connectivity index (χ1) is 30.0. The highest BCUT2D eigenvalue weighted by Gasteiger charge is 2.39. The zero-order valence-electron chi connectivity index (χ0n) is 33.5. The summed E-state index contributed by atoms with van der Waals surface area (Å²) in [5.74, 6) is 2.43. The van der Waals surface area contributed by atoms with Crippen molar-refractivity contribution in [3.05, 3.63) is 199 Å². The van der Waals surface area contributed by atoms with Gasteiger partial charge in [-0.1, -0.05) is 159 Å². The summed E-state index contributed by atoms with van der Waals surface area (Å²) in [6.45, 7) is 4.58. The van der Waals surface area contributed by atoms with Crippen molar-refractivity contribution in [3.8, 4) is 73.6 Å². The molecule has 0 atom stereocenters. The maximum absolute atomic E-state index is 6.54. The number of hydrogen-bond donors (Lipinski definition) is 0. The maximum Gasteiger partial charge on any atom is 0.238 e. The normalized spacial score (nSPS) is 12.9. The molecule has 6 nitrogen and oxygen atoms in total. The number of nitrogens with zero attached hydrogens (tertiary/aromatic N) is 5. The van der Waals surface area contributed by atoms with E-state index in [1.165, 1.54) is 22.3 Å². The number of benzene rings is 8. The molecule has 3 aromatic heterocycles. The molecular formula is C55H37N5O. The molecule has 0 unspecified atom stereocenters. The highest BCUT2D eigenvalue weighted by Crippen LogP contribution is 2.52. The lowest BCUT2D eigenvalue weighted by Gasteiger charge is -2.22. The van der Waals surface area contributed by atoms with Gasteiger partial charge in [-0.2, -0.15) is 9.97 Å². The summed E-state index contributed by atoms with van der Waals surface area (Å²) < 4.78 is 8.70.